The van der Waals surface area contributed by atoms with Gasteiger partial charge in [-0.15, -0.1) is 0 Å². The van der Waals surface area contributed by atoms with Crippen LogP contribution >= 0.6 is 0 Å². The largest absolute Gasteiger partial charge is 0.396 e. The zero-order chi connectivity index (χ0) is 7.84. The molecule has 0 bridgehead atoms. The molecule has 0 amide bonds. The summed E-state index contributed by atoms with van der Waals surface area (Å²) in [6, 6.07) is 0.632. The normalized spacial score (nSPS) is 18.3. The van der Waals surface area contributed by atoms with E-state index in [-0.39, 0.29) is 0 Å². The van der Waals surface area contributed by atoms with Crippen LogP contribution < -0.4 is 5.73 Å². The van der Waals surface area contributed by atoms with E-state index in [1.54, 1.807) is 6.20 Å². The topological polar surface area (TPSA) is 43.8 Å². The van der Waals surface area contributed by atoms with E-state index in [9.17, 15) is 0 Å². The first-order valence-corrected chi connectivity index (χ1v) is 4.08. The van der Waals surface area contributed by atoms with Crippen molar-refractivity contribution in [1.82, 2.24) is 9.78 Å². The highest BCUT2D eigenvalue weighted by molar-refractivity contribution is 5.39. The lowest BCUT2D eigenvalue weighted by Crippen LogP contribution is -2.19. The second-order valence-electron chi connectivity index (χ2n) is 3.21. The molecule has 1 saturated carbocycles. The van der Waals surface area contributed by atoms with Gasteiger partial charge in [0.25, 0.3) is 0 Å². The van der Waals surface area contributed by atoms with Gasteiger partial charge in [0.05, 0.1) is 23.6 Å². The quantitative estimate of drug-likeness (QED) is 0.661. The van der Waals surface area contributed by atoms with Gasteiger partial charge in [0.15, 0.2) is 0 Å². The SMILES string of the molecule is Cc1c(N)cnn1C1CCC1. The fourth-order valence-corrected chi connectivity index (χ4v) is 1.44. The molecule has 3 heteroatoms. The van der Waals surface area contributed by atoms with Crippen molar-refractivity contribution in [1.29, 1.82) is 0 Å². The molecule has 3 nitrogen and oxygen atoms in total. The highest BCUT2D eigenvalue weighted by atomic mass is 15.3. The zero-order valence-electron chi connectivity index (χ0n) is 6.75. The Morgan fingerprint density at radius 1 is 1.64 bits per heavy atom. The minimum Gasteiger partial charge on any atom is -0.396 e. The predicted octanol–water partition coefficient (Wildman–Crippen LogP) is 1.50. The number of aromatic nitrogens is 2. The monoisotopic (exact) mass is 151 g/mol. The molecule has 1 fully saturated rings. The lowest BCUT2D eigenvalue weighted by Gasteiger charge is -2.26. The van der Waals surface area contributed by atoms with E-state index in [1.165, 1.54) is 19.3 Å². The number of hydrogen-bond donors (Lipinski definition) is 1. The van der Waals surface area contributed by atoms with Crippen LogP contribution in [0.4, 0.5) is 5.69 Å². The number of nitrogens with two attached hydrogens (primary N) is 1. The third-order valence-electron chi connectivity index (χ3n) is 2.50. The van der Waals surface area contributed by atoms with Crippen LogP contribution in [0, 0.1) is 6.92 Å². The Morgan fingerprint density at radius 2 is 2.36 bits per heavy atom. The van der Waals surface area contributed by atoms with Gasteiger partial charge in [-0.3, -0.25) is 4.68 Å². The molecule has 0 atom stereocenters. The Balaban J connectivity index is 2.29. The zero-order valence-corrected chi connectivity index (χ0v) is 6.75. The average molecular weight is 151 g/mol. The van der Waals surface area contributed by atoms with Gasteiger partial charge in [0.2, 0.25) is 0 Å². The van der Waals surface area contributed by atoms with Crippen molar-refractivity contribution in [2.75, 3.05) is 5.73 Å². The maximum Gasteiger partial charge on any atom is 0.0730 e. The van der Waals surface area contributed by atoms with Crippen LogP contribution in [0.2, 0.25) is 0 Å². The van der Waals surface area contributed by atoms with E-state index < -0.39 is 0 Å². The number of nitrogens with zero attached hydrogens (tertiary/aromatic N) is 2. The Kier molecular flexibility index (Phi) is 1.37. The third-order valence-corrected chi connectivity index (χ3v) is 2.50. The van der Waals surface area contributed by atoms with Gasteiger partial charge in [-0.2, -0.15) is 5.10 Å². The summed E-state index contributed by atoms with van der Waals surface area (Å²) in [5.74, 6) is 0. The molecule has 1 heterocycles. The number of rotatable bonds is 1. The van der Waals surface area contributed by atoms with Crippen LogP contribution in [0.15, 0.2) is 6.20 Å². The molecule has 2 rings (SSSR count). The first-order chi connectivity index (χ1) is 5.29. The first-order valence-electron chi connectivity index (χ1n) is 4.08. The predicted molar refractivity (Wildman–Crippen MR) is 44.3 cm³/mol. The van der Waals surface area contributed by atoms with Gasteiger partial charge in [-0.25, -0.2) is 0 Å². The van der Waals surface area contributed by atoms with Gasteiger partial charge in [0, 0.05) is 0 Å². The molecule has 0 spiro atoms. The van der Waals surface area contributed by atoms with Crippen molar-refractivity contribution >= 4 is 5.69 Å². The Hall–Kier alpha value is -0.990. The molecule has 1 aliphatic rings. The van der Waals surface area contributed by atoms with E-state index in [2.05, 4.69) is 9.78 Å². The van der Waals surface area contributed by atoms with E-state index in [1.807, 2.05) is 6.92 Å². The summed E-state index contributed by atoms with van der Waals surface area (Å²) in [6.07, 6.45) is 5.61. The summed E-state index contributed by atoms with van der Waals surface area (Å²) < 4.78 is 2.05. The molecular formula is C8H13N3. The number of nitrogen functional groups attached to an aromatic ring is 1. The molecule has 0 aliphatic heterocycles. The molecular weight excluding hydrogens is 138 g/mol. The lowest BCUT2D eigenvalue weighted by molar-refractivity contribution is 0.285. The van der Waals surface area contributed by atoms with Crippen molar-refractivity contribution < 1.29 is 0 Å². The Bertz CT molecular complexity index is 260. The van der Waals surface area contributed by atoms with Crippen LogP contribution in [-0.2, 0) is 0 Å². The molecule has 1 aliphatic carbocycles. The highest BCUT2D eigenvalue weighted by Gasteiger charge is 2.21. The summed E-state index contributed by atoms with van der Waals surface area (Å²) in [5, 5.41) is 4.23. The van der Waals surface area contributed by atoms with E-state index in [0.717, 1.165) is 11.4 Å². The molecule has 1 aromatic heterocycles. The summed E-state index contributed by atoms with van der Waals surface area (Å²) in [6.45, 7) is 2.03. The fourth-order valence-electron chi connectivity index (χ4n) is 1.44. The summed E-state index contributed by atoms with van der Waals surface area (Å²) in [4.78, 5) is 0. The first kappa shape index (κ1) is 6.70. The summed E-state index contributed by atoms with van der Waals surface area (Å²) >= 11 is 0. The third kappa shape index (κ3) is 0.914. The lowest BCUT2D eigenvalue weighted by atomic mass is 9.93. The summed E-state index contributed by atoms with van der Waals surface area (Å²) in [5.41, 5.74) is 7.61. The number of hydrogen-bond acceptors (Lipinski definition) is 2. The standard InChI is InChI=1S/C8H13N3/c1-6-8(9)5-10-11(6)7-3-2-4-7/h5,7H,2-4,9H2,1H3. The second kappa shape index (κ2) is 2.26. The van der Waals surface area contributed by atoms with Crippen molar-refractivity contribution in [2.45, 2.75) is 32.2 Å². The van der Waals surface area contributed by atoms with Crippen LogP contribution in [0.25, 0.3) is 0 Å². The van der Waals surface area contributed by atoms with Crippen LogP contribution in [-0.4, -0.2) is 9.78 Å². The number of anilines is 1. The van der Waals surface area contributed by atoms with Crippen LogP contribution in [0.5, 0.6) is 0 Å². The van der Waals surface area contributed by atoms with Crippen molar-refractivity contribution in [3.63, 3.8) is 0 Å². The van der Waals surface area contributed by atoms with E-state index in [0.29, 0.717) is 6.04 Å². The Labute approximate surface area is 66.2 Å². The Morgan fingerprint density at radius 3 is 2.73 bits per heavy atom. The van der Waals surface area contributed by atoms with Gasteiger partial charge < -0.3 is 5.73 Å². The average Bonchev–Trinajstić information content (AvgIpc) is 2.15. The molecule has 60 valence electrons. The minimum atomic E-state index is 0.632. The maximum absolute atomic E-state index is 5.67. The molecule has 0 unspecified atom stereocenters. The fraction of sp³-hybridized carbons (Fsp3) is 0.625. The molecule has 0 radical (unpaired) electrons. The maximum atomic E-state index is 5.67. The molecule has 11 heavy (non-hydrogen) atoms. The van der Waals surface area contributed by atoms with Crippen molar-refractivity contribution in [3.8, 4) is 0 Å². The molecule has 0 aromatic carbocycles. The summed E-state index contributed by atoms with van der Waals surface area (Å²) in [7, 11) is 0. The van der Waals surface area contributed by atoms with Gasteiger partial charge in [-0.1, -0.05) is 0 Å². The van der Waals surface area contributed by atoms with Crippen LogP contribution in [0.3, 0.4) is 0 Å². The highest BCUT2D eigenvalue weighted by Crippen LogP contribution is 2.32. The molecule has 1 aromatic rings. The second-order valence-corrected chi connectivity index (χ2v) is 3.21. The van der Waals surface area contributed by atoms with Crippen LogP contribution in [0.1, 0.15) is 31.0 Å². The van der Waals surface area contributed by atoms with Crippen molar-refractivity contribution in [3.05, 3.63) is 11.9 Å². The smallest absolute Gasteiger partial charge is 0.0730 e. The van der Waals surface area contributed by atoms with E-state index in [4.69, 9.17) is 5.73 Å². The van der Waals surface area contributed by atoms with E-state index >= 15 is 0 Å². The molecule has 2 N–H and O–H groups in total. The minimum absolute atomic E-state index is 0.632. The van der Waals surface area contributed by atoms with Gasteiger partial charge >= 0.3 is 0 Å². The van der Waals surface area contributed by atoms with Gasteiger partial charge in [-0.05, 0) is 26.2 Å². The van der Waals surface area contributed by atoms with Crippen molar-refractivity contribution in [2.24, 2.45) is 0 Å². The molecule has 0 saturated heterocycles. The van der Waals surface area contributed by atoms with Gasteiger partial charge in [0.1, 0.15) is 0 Å².